The average molecular weight is 463 g/mol. The summed E-state index contributed by atoms with van der Waals surface area (Å²) in [5, 5.41) is 0. The van der Waals surface area contributed by atoms with Crippen molar-refractivity contribution in [1.29, 1.82) is 0 Å². The second-order valence-corrected chi connectivity index (χ2v) is 9.50. The van der Waals surface area contributed by atoms with Crippen LogP contribution in [0.1, 0.15) is 27.0 Å². The zero-order chi connectivity index (χ0) is 23.2. The van der Waals surface area contributed by atoms with Crippen LogP contribution >= 0.6 is 11.8 Å². The van der Waals surface area contributed by atoms with Crippen molar-refractivity contribution in [2.45, 2.75) is 18.3 Å². The molecular formula is C26H23FN2O3S. The summed E-state index contributed by atoms with van der Waals surface area (Å²) in [4.78, 5) is 29.9. The highest BCUT2D eigenvalue weighted by atomic mass is 32.2. The number of nitrogens with zero attached hydrogens (tertiary/aromatic N) is 2. The molecule has 3 aromatic rings. The van der Waals surface area contributed by atoms with E-state index in [2.05, 4.69) is 0 Å². The molecule has 0 saturated carbocycles. The van der Waals surface area contributed by atoms with Gasteiger partial charge in [0.2, 0.25) is 0 Å². The highest BCUT2D eigenvalue weighted by molar-refractivity contribution is 8.01. The molecule has 2 heterocycles. The van der Waals surface area contributed by atoms with E-state index in [-0.39, 0.29) is 17.6 Å². The number of carbonyl (C=O) groups excluding carboxylic acids is 2. The van der Waals surface area contributed by atoms with Crippen LogP contribution in [-0.4, -0.2) is 36.1 Å². The van der Waals surface area contributed by atoms with Gasteiger partial charge in [-0.25, -0.2) is 4.39 Å². The number of anilines is 1. The maximum Gasteiger partial charge on any atom is 0.268 e. The molecule has 1 spiro atoms. The van der Waals surface area contributed by atoms with Gasteiger partial charge in [-0.05, 0) is 55.0 Å². The molecule has 7 heteroatoms. The third kappa shape index (κ3) is 3.47. The van der Waals surface area contributed by atoms with E-state index < -0.39 is 4.87 Å². The van der Waals surface area contributed by atoms with Crippen LogP contribution in [0.2, 0.25) is 0 Å². The molecular weight excluding hydrogens is 439 g/mol. The van der Waals surface area contributed by atoms with E-state index in [0.29, 0.717) is 30.2 Å². The molecule has 1 saturated heterocycles. The van der Waals surface area contributed by atoms with E-state index in [4.69, 9.17) is 4.74 Å². The zero-order valence-corrected chi connectivity index (χ0v) is 19.2. The molecule has 0 aliphatic carbocycles. The number of fused-ring (bicyclic) bond motifs is 2. The Kier molecular flexibility index (Phi) is 5.37. The fraction of sp³-hybridized carbons (Fsp3) is 0.231. The van der Waals surface area contributed by atoms with E-state index in [0.717, 1.165) is 22.4 Å². The maximum absolute atomic E-state index is 14.0. The van der Waals surface area contributed by atoms with Crippen LogP contribution in [0.25, 0.3) is 0 Å². The number of hydrogen-bond acceptors (Lipinski definition) is 4. The number of benzene rings is 3. The van der Waals surface area contributed by atoms with Crippen LogP contribution in [0.5, 0.6) is 5.75 Å². The van der Waals surface area contributed by atoms with E-state index in [1.807, 2.05) is 25.1 Å². The molecule has 1 fully saturated rings. The van der Waals surface area contributed by atoms with Crippen LogP contribution in [0.4, 0.5) is 10.1 Å². The fourth-order valence-corrected chi connectivity index (χ4v) is 6.00. The molecule has 3 aromatic carbocycles. The Morgan fingerprint density at radius 3 is 2.52 bits per heavy atom. The summed E-state index contributed by atoms with van der Waals surface area (Å²) < 4.78 is 18.6. The largest absolute Gasteiger partial charge is 0.497 e. The van der Waals surface area contributed by atoms with Crippen LogP contribution in [0.3, 0.4) is 0 Å². The van der Waals surface area contributed by atoms with Gasteiger partial charge in [0.25, 0.3) is 11.8 Å². The van der Waals surface area contributed by atoms with E-state index in [9.17, 15) is 14.0 Å². The van der Waals surface area contributed by atoms with Crippen molar-refractivity contribution in [2.24, 2.45) is 0 Å². The molecule has 2 amide bonds. The highest BCUT2D eigenvalue weighted by Gasteiger charge is 2.59. The Hall–Kier alpha value is -3.32. The van der Waals surface area contributed by atoms with Crippen molar-refractivity contribution in [3.05, 3.63) is 94.8 Å². The van der Waals surface area contributed by atoms with Crippen LogP contribution in [-0.2, 0) is 16.2 Å². The Morgan fingerprint density at radius 1 is 1.09 bits per heavy atom. The molecule has 2 aliphatic rings. The van der Waals surface area contributed by atoms with Crippen molar-refractivity contribution in [3.8, 4) is 5.75 Å². The van der Waals surface area contributed by atoms with Gasteiger partial charge >= 0.3 is 0 Å². The van der Waals surface area contributed by atoms with Crippen molar-refractivity contribution >= 4 is 29.3 Å². The minimum absolute atomic E-state index is 0.142. The SMILES string of the molecule is COc1ccc(C(=O)N2CCS[C@]23C(=O)N(Cc2ccc(F)cc2)c2ccc(C)cc23)cc1. The Labute approximate surface area is 196 Å². The lowest BCUT2D eigenvalue weighted by molar-refractivity contribution is -0.123. The van der Waals surface area contributed by atoms with Gasteiger partial charge in [0.1, 0.15) is 11.6 Å². The predicted molar refractivity (Wildman–Crippen MR) is 127 cm³/mol. The molecule has 0 unspecified atom stereocenters. The number of halogens is 1. The monoisotopic (exact) mass is 462 g/mol. The number of aryl methyl sites for hydroxylation is 1. The molecule has 168 valence electrons. The predicted octanol–water partition coefficient (Wildman–Crippen LogP) is 4.73. The van der Waals surface area contributed by atoms with Gasteiger partial charge in [-0.2, -0.15) is 0 Å². The number of methoxy groups -OCH3 is 1. The van der Waals surface area contributed by atoms with Gasteiger partial charge in [0, 0.05) is 23.4 Å². The summed E-state index contributed by atoms with van der Waals surface area (Å²) in [5.74, 6) is 0.678. The lowest BCUT2D eigenvalue weighted by Crippen LogP contribution is -2.50. The van der Waals surface area contributed by atoms with Gasteiger partial charge in [-0.1, -0.05) is 29.8 Å². The molecule has 0 radical (unpaired) electrons. The summed E-state index contributed by atoms with van der Waals surface area (Å²) in [6.45, 7) is 2.76. The number of hydrogen-bond donors (Lipinski definition) is 0. The maximum atomic E-state index is 14.0. The first-order valence-electron chi connectivity index (χ1n) is 10.7. The number of rotatable bonds is 4. The normalized spacial score (nSPS) is 19.3. The summed E-state index contributed by atoms with van der Waals surface area (Å²) >= 11 is 1.50. The highest BCUT2D eigenvalue weighted by Crippen LogP contribution is 2.55. The van der Waals surface area contributed by atoms with Crippen LogP contribution in [0, 0.1) is 12.7 Å². The molecule has 1 atom stereocenters. The number of ether oxygens (including phenoxy) is 1. The summed E-state index contributed by atoms with van der Waals surface area (Å²) in [6, 6.07) is 19.0. The van der Waals surface area contributed by atoms with Crippen LogP contribution < -0.4 is 9.64 Å². The molecule has 0 N–H and O–H groups in total. The van der Waals surface area contributed by atoms with Gasteiger partial charge in [0.05, 0.1) is 19.3 Å². The van der Waals surface area contributed by atoms with Gasteiger partial charge in [0.15, 0.2) is 4.87 Å². The second kappa shape index (κ2) is 8.23. The van der Waals surface area contributed by atoms with Crippen LogP contribution in [0.15, 0.2) is 66.7 Å². The standard InChI is InChI=1S/C26H23FN2O3S/c1-17-3-12-23-22(15-17)26(25(31)28(23)16-18-4-8-20(27)9-5-18)29(13-14-33-26)24(30)19-6-10-21(32-2)11-7-19/h3-12,15H,13-14,16H2,1-2H3/t26-/m1/s1. The van der Waals surface area contributed by atoms with Gasteiger partial charge < -0.3 is 14.5 Å². The molecule has 33 heavy (non-hydrogen) atoms. The van der Waals surface area contributed by atoms with Crippen molar-refractivity contribution in [2.75, 3.05) is 24.3 Å². The molecule has 2 aliphatic heterocycles. The fourth-order valence-electron chi connectivity index (χ4n) is 4.55. The molecule has 5 nitrogen and oxygen atoms in total. The van der Waals surface area contributed by atoms with Crippen molar-refractivity contribution < 1.29 is 18.7 Å². The molecule has 5 rings (SSSR count). The minimum Gasteiger partial charge on any atom is -0.497 e. The smallest absolute Gasteiger partial charge is 0.268 e. The first-order valence-corrected chi connectivity index (χ1v) is 11.7. The summed E-state index contributed by atoms with van der Waals surface area (Å²) in [5.41, 5.74) is 3.98. The summed E-state index contributed by atoms with van der Waals surface area (Å²) in [6.07, 6.45) is 0. The third-order valence-electron chi connectivity index (χ3n) is 6.18. The lowest BCUT2D eigenvalue weighted by atomic mass is 10.0. The van der Waals surface area contributed by atoms with Gasteiger partial charge in [-0.3, -0.25) is 9.59 Å². The Bertz CT molecular complexity index is 1230. The zero-order valence-electron chi connectivity index (χ0n) is 18.4. The topological polar surface area (TPSA) is 49.9 Å². The van der Waals surface area contributed by atoms with Crippen molar-refractivity contribution in [1.82, 2.24) is 4.90 Å². The average Bonchev–Trinajstić information content (AvgIpc) is 3.37. The van der Waals surface area contributed by atoms with Crippen molar-refractivity contribution in [3.63, 3.8) is 0 Å². The Morgan fingerprint density at radius 2 is 1.82 bits per heavy atom. The number of carbonyl (C=O) groups is 2. The Balaban J connectivity index is 1.56. The molecule has 0 bridgehead atoms. The molecule has 0 aromatic heterocycles. The lowest BCUT2D eigenvalue weighted by Gasteiger charge is -2.33. The number of amides is 2. The van der Waals surface area contributed by atoms with Gasteiger partial charge in [-0.15, -0.1) is 11.8 Å². The summed E-state index contributed by atoms with van der Waals surface area (Å²) in [7, 11) is 1.58. The second-order valence-electron chi connectivity index (χ2n) is 8.22. The third-order valence-corrected chi connectivity index (χ3v) is 7.60. The first-order chi connectivity index (χ1) is 15.9. The van der Waals surface area contributed by atoms with E-state index in [1.165, 1.54) is 23.9 Å². The van der Waals surface area contributed by atoms with E-state index >= 15 is 0 Å². The minimum atomic E-state index is -1.11. The van der Waals surface area contributed by atoms with E-state index in [1.54, 1.807) is 53.3 Å². The first kappa shape index (κ1) is 21.5. The quantitative estimate of drug-likeness (QED) is 0.563. The number of thioether (sulfide) groups is 1.